The van der Waals surface area contributed by atoms with Crippen LogP contribution in [0.3, 0.4) is 0 Å². The third-order valence-electron chi connectivity index (χ3n) is 3.31. The lowest BCUT2D eigenvalue weighted by Crippen LogP contribution is -2.46. The zero-order valence-corrected chi connectivity index (χ0v) is 10.7. The number of hydroxylamine groups is 1. The van der Waals surface area contributed by atoms with Crippen molar-refractivity contribution in [3.8, 4) is 0 Å². The predicted molar refractivity (Wildman–Crippen MR) is 73.8 cm³/mol. The molecule has 0 spiro atoms. The van der Waals surface area contributed by atoms with Gasteiger partial charge in [0.25, 0.3) is 0 Å². The van der Waals surface area contributed by atoms with Crippen molar-refractivity contribution in [1.82, 2.24) is 10.4 Å². The van der Waals surface area contributed by atoms with Crippen molar-refractivity contribution in [1.29, 1.82) is 0 Å². The highest BCUT2D eigenvalue weighted by Crippen LogP contribution is 2.20. The summed E-state index contributed by atoms with van der Waals surface area (Å²) in [6.07, 6.45) is 1.26. The van der Waals surface area contributed by atoms with Crippen LogP contribution in [0.4, 0.5) is 11.4 Å². The van der Waals surface area contributed by atoms with Crippen LogP contribution in [0.25, 0.3) is 0 Å². The fraction of sp³-hybridized carbons (Fsp3) is 0.462. The van der Waals surface area contributed by atoms with E-state index in [9.17, 15) is 0 Å². The van der Waals surface area contributed by atoms with Gasteiger partial charge < -0.3 is 9.80 Å². The van der Waals surface area contributed by atoms with E-state index in [1.54, 1.807) is 0 Å². The lowest BCUT2D eigenvalue weighted by molar-refractivity contribution is 0.240. The summed E-state index contributed by atoms with van der Waals surface area (Å²) in [5.41, 5.74) is 3.96. The zero-order chi connectivity index (χ0) is 12.8. The number of likely N-dealkylation sites (N-methyl/N-ethyl adjacent to an activating group) is 1. The van der Waals surface area contributed by atoms with Crippen LogP contribution in [0.1, 0.15) is 6.92 Å². The van der Waals surface area contributed by atoms with Gasteiger partial charge in [0.05, 0.1) is 5.69 Å². The SMILES string of the molecule is CCN1CCN(c2ccc(N=CNO)cc2)CC1. The Hall–Kier alpha value is -1.59. The quantitative estimate of drug-likeness (QED) is 0.481. The third-order valence-corrected chi connectivity index (χ3v) is 3.31. The fourth-order valence-electron chi connectivity index (χ4n) is 2.18. The molecule has 1 aromatic rings. The van der Waals surface area contributed by atoms with Gasteiger partial charge in [-0.05, 0) is 30.8 Å². The summed E-state index contributed by atoms with van der Waals surface area (Å²) in [5, 5.41) is 8.42. The minimum absolute atomic E-state index is 0.826. The molecule has 1 aromatic carbocycles. The van der Waals surface area contributed by atoms with Crippen molar-refractivity contribution in [2.24, 2.45) is 4.99 Å². The van der Waals surface area contributed by atoms with E-state index in [4.69, 9.17) is 5.21 Å². The second kappa shape index (κ2) is 6.37. The molecule has 5 nitrogen and oxygen atoms in total. The number of aliphatic imine (C=N–C) groups is 1. The van der Waals surface area contributed by atoms with Gasteiger partial charge in [0.2, 0.25) is 0 Å². The molecule has 1 aliphatic rings. The molecule has 1 heterocycles. The van der Waals surface area contributed by atoms with Gasteiger partial charge >= 0.3 is 0 Å². The van der Waals surface area contributed by atoms with Crippen LogP contribution in [0.5, 0.6) is 0 Å². The first-order valence-electron chi connectivity index (χ1n) is 6.33. The van der Waals surface area contributed by atoms with Crippen molar-refractivity contribution >= 4 is 17.7 Å². The molecule has 0 atom stereocenters. The summed E-state index contributed by atoms with van der Waals surface area (Å²) < 4.78 is 0. The largest absolute Gasteiger partial charge is 0.369 e. The van der Waals surface area contributed by atoms with E-state index in [1.807, 2.05) is 17.6 Å². The molecule has 2 rings (SSSR count). The number of rotatable bonds is 4. The van der Waals surface area contributed by atoms with E-state index in [2.05, 4.69) is 33.8 Å². The first kappa shape index (κ1) is 12.9. The molecule has 1 aliphatic heterocycles. The molecule has 18 heavy (non-hydrogen) atoms. The molecule has 98 valence electrons. The Balaban J connectivity index is 1.95. The summed E-state index contributed by atoms with van der Waals surface area (Å²) in [5.74, 6) is 0. The minimum atomic E-state index is 0.826. The van der Waals surface area contributed by atoms with Crippen molar-refractivity contribution in [3.05, 3.63) is 24.3 Å². The van der Waals surface area contributed by atoms with Crippen molar-refractivity contribution in [2.45, 2.75) is 6.92 Å². The molecule has 1 saturated heterocycles. The summed E-state index contributed by atoms with van der Waals surface area (Å²) in [6, 6.07) is 8.06. The Morgan fingerprint density at radius 3 is 2.44 bits per heavy atom. The summed E-state index contributed by atoms with van der Waals surface area (Å²) in [6.45, 7) is 7.76. The molecule has 5 heteroatoms. The van der Waals surface area contributed by atoms with Crippen LogP contribution in [-0.2, 0) is 0 Å². The van der Waals surface area contributed by atoms with Gasteiger partial charge in [-0.25, -0.2) is 4.99 Å². The molecule has 0 aliphatic carbocycles. The lowest BCUT2D eigenvalue weighted by atomic mass is 10.2. The monoisotopic (exact) mass is 248 g/mol. The van der Waals surface area contributed by atoms with Crippen LogP contribution in [0, 0.1) is 0 Å². The Morgan fingerprint density at radius 2 is 1.89 bits per heavy atom. The molecular weight excluding hydrogens is 228 g/mol. The van der Waals surface area contributed by atoms with Crippen LogP contribution in [-0.4, -0.2) is 49.2 Å². The maximum atomic E-state index is 8.42. The second-order valence-corrected chi connectivity index (χ2v) is 4.33. The number of nitrogens with zero attached hydrogens (tertiary/aromatic N) is 3. The van der Waals surface area contributed by atoms with Crippen molar-refractivity contribution < 1.29 is 5.21 Å². The maximum absolute atomic E-state index is 8.42. The summed E-state index contributed by atoms with van der Waals surface area (Å²) >= 11 is 0. The average Bonchev–Trinajstić information content (AvgIpc) is 2.46. The number of benzene rings is 1. The Bertz CT molecular complexity index is 382. The van der Waals surface area contributed by atoms with E-state index < -0.39 is 0 Å². The third kappa shape index (κ3) is 3.21. The molecule has 0 radical (unpaired) electrons. The van der Waals surface area contributed by atoms with Gasteiger partial charge in [0, 0.05) is 31.9 Å². The minimum Gasteiger partial charge on any atom is -0.369 e. The Morgan fingerprint density at radius 1 is 1.22 bits per heavy atom. The summed E-state index contributed by atoms with van der Waals surface area (Å²) in [4.78, 5) is 8.88. The average molecular weight is 248 g/mol. The molecule has 0 saturated carbocycles. The Labute approximate surface area is 108 Å². The maximum Gasteiger partial charge on any atom is 0.113 e. The molecule has 1 fully saturated rings. The molecule has 0 bridgehead atoms. The van der Waals surface area contributed by atoms with E-state index in [-0.39, 0.29) is 0 Å². The van der Waals surface area contributed by atoms with Crippen LogP contribution < -0.4 is 10.4 Å². The standard InChI is InChI=1S/C13H20N4O/c1-2-16-7-9-17(10-8-16)13-5-3-12(4-6-13)14-11-15-18/h3-6,11,18H,2,7-10H2,1H3,(H,14,15). The van der Waals surface area contributed by atoms with Crippen LogP contribution in [0.15, 0.2) is 29.3 Å². The van der Waals surface area contributed by atoms with Crippen LogP contribution >= 0.6 is 0 Å². The highest BCUT2D eigenvalue weighted by atomic mass is 16.5. The normalized spacial score (nSPS) is 17.3. The summed E-state index contributed by atoms with van der Waals surface area (Å²) in [7, 11) is 0. The second-order valence-electron chi connectivity index (χ2n) is 4.33. The molecule has 0 unspecified atom stereocenters. The molecule has 2 N–H and O–H groups in total. The van der Waals surface area contributed by atoms with Gasteiger partial charge in [0.1, 0.15) is 6.34 Å². The molecule has 0 aromatic heterocycles. The van der Waals surface area contributed by atoms with Crippen molar-refractivity contribution in [3.63, 3.8) is 0 Å². The van der Waals surface area contributed by atoms with E-state index in [0.29, 0.717) is 0 Å². The Kier molecular flexibility index (Phi) is 4.55. The predicted octanol–water partition coefficient (Wildman–Crippen LogP) is 1.47. The van der Waals surface area contributed by atoms with Gasteiger partial charge in [-0.1, -0.05) is 6.92 Å². The van der Waals surface area contributed by atoms with Gasteiger partial charge in [0.15, 0.2) is 0 Å². The zero-order valence-electron chi connectivity index (χ0n) is 10.7. The van der Waals surface area contributed by atoms with E-state index in [0.717, 1.165) is 38.4 Å². The number of nitrogens with one attached hydrogen (secondary N) is 1. The number of piperazine rings is 1. The first-order chi connectivity index (χ1) is 8.83. The molecule has 0 amide bonds. The number of hydrogen-bond acceptors (Lipinski definition) is 4. The van der Waals surface area contributed by atoms with Crippen LogP contribution in [0.2, 0.25) is 0 Å². The topological polar surface area (TPSA) is 51.1 Å². The highest BCUT2D eigenvalue weighted by molar-refractivity contribution is 5.61. The first-order valence-corrected chi connectivity index (χ1v) is 6.33. The number of hydrogen-bond donors (Lipinski definition) is 2. The molecular formula is C13H20N4O. The fourth-order valence-corrected chi connectivity index (χ4v) is 2.18. The van der Waals surface area contributed by atoms with Gasteiger partial charge in [-0.2, -0.15) is 0 Å². The highest BCUT2D eigenvalue weighted by Gasteiger charge is 2.15. The van der Waals surface area contributed by atoms with Gasteiger partial charge in [-0.3, -0.25) is 10.7 Å². The van der Waals surface area contributed by atoms with Gasteiger partial charge in [-0.15, -0.1) is 0 Å². The smallest absolute Gasteiger partial charge is 0.113 e. The van der Waals surface area contributed by atoms with E-state index >= 15 is 0 Å². The lowest BCUT2D eigenvalue weighted by Gasteiger charge is -2.35. The van der Waals surface area contributed by atoms with Crippen molar-refractivity contribution in [2.75, 3.05) is 37.6 Å². The van der Waals surface area contributed by atoms with E-state index in [1.165, 1.54) is 12.0 Å². The number of anilines is 1.